The highest BCUT2D eigenvalue weighted by molar-refractivity contribution is 6.08. The average Bonchev–Trinajstić information content (AvgIpc) is 3.03. The number of carbonyl (C=O) groups is 1. The normalized spacial score (nSPS) is 10.7. The van der Waals surface area contributed by atoms with Gasteiger partial charge in [0.2, 0.25) is 5.76 Å². The lowest BCUT2D eigenvalue weighted by Gasteiger charge is -2.21. The van der Waals surface area contributed by atoms with Crippen LogP contribution < -0.4 is 15.0 Å². The smallest absolute Gasteiger partial charge is 0.295 e. The van der Waals surface area contributed by atoms with Gasteiger partial charge >= 0.3 is 0 Å². The standard InChI is InChI=1S/C20H22N2O3/c1-4-22(5-2)15-12-10-14(11-13-15)21-20(23)19-18(24-3)16-8-6-7-9-17(16)25-19/h6-13H,4-5H2,1-3H3,(H,21,23). The third kappa shape index (κ3) is 3.31. The zero-order valence-electron chi connectivity index (χ0n) is 14.7. The van der Waals surface area contributed by atoms with Gasteiger partial charge in [0.15, 0.2) is 5.75 Å². The maximum atomic E-state index is 12.6. The van der Waals surface area contributed by atoms with E-state index in [1.165, 1.54) is 7.11 Å². The molecule has 3 rings (SSSR count). The van der Waals surface area contributed by atoms with E-state index in [9.17, 15) is 4.79 Å². The monoisotopic (exact) mass is 338 g/mol. The molecule has 0 saturated heterocycles. The molecule has 25 heavy (non-hydrogen) atoms. The predicted molar refractivity (Wildman–Crippen MR) is 101 cm³/mol. The van der Waals surface area contributed by atoms with E-state index in [1.807, 2.05) is 48.5 Å². The molecule has 5 heteroatoms. The highest BCUT2D eigenvalue weighted by atomic mass is 16.5. The molecule has 0 atom stereocenters. The number of amides is 1. The number of anilines is 2. The van der Waals surface area contributed by atoms with E-state index < -0.39 is 0 Å². The van der Waals surface area contributed by atoms with E-state index in [0.29, 0.717) is 17.0 Å². The molecule has 5 nitrogen and oxygen atoms in total. The number of carbonyl (C=O) groups excluding carboxylic acids is 1. The molecule has 0 aliphatic heterocycles. The summed E-state index contributed by atoms with van der Waals surface area (Å²) in [6.45, 7) is 6.12. The zero-order chi connectivity index (χ0) is 17.8. The number of furan rings is 1. The fraction of sp³-hybridized carbons (Fsp3) is 0.250. The molecule has 0 aliphatic carbocycles. The van der Waals surface area contributed by atoms with Crippen LogP contribution in [0.2, 0.25) is 0 Å². The van der Waals surface area contributed by atoms with Gasteiger partial charge in [-0.1, -0.05) is 12.1 Å². The van der Waals surface area contributed by atoms with Crippen molar-refractivity contribution in [2.24, 2.45) is 0 Å². The summed E-state index contributed by atoms with van der Waals surface area (Å²) < 4.78 is 11.1. The number of ether oxygens (including phenoxy) is 1. The number of nitrogens with one attached hydrogen (secondary N) is 1. The van der Waals surface area contributed by atoms with Gasteiger partial charge in [0, 0.05) is 24.5 Å². The minimum Gasteiger partial charge on any atom is -0.492 e. The Morgan fingerprint density at radius 3 is 2.40 bits per heavy atom. The highest BCUT2D eigenvalue weighted by Gasteiger charge is 2.21. The van der Waals surface area contributed by atoms with E-state index in [4.69, 9.17) is 9.15 Å². The van der Waals surface area contributed by atoms with Crippen LogP contribution >= 0.6 is 0 Å². The molecule has 130 valence electrons. The van der Waals surface area contributed by atoms with Crippen LogP contribution in [0.5, 0.6) is 5.75 Å². The summed E-state index contributed by atoms with van der Waals surface area (Å²) in [5, 5.41) is 3.65. The number of benzene rings is 2. The molecule has 3 aromatic rings. The number of fused-ring (bicyclic) bond motifs is 1. The topological polar surface area (TPSA) is 54.7 Å². The van der Waals surface area contributed by atoms with Crippen LogP contribution in [0.4, 0.5) is 11.4 Å². The molecular weight excluding hydrogens is 316 g/mol. The molecule has 0 bridgehead atoms. The second kappa shape index (κ2) is 7.30. The minimum absolute atomic E-state index is 0.177. The second-order valence-electron chi connectivity index (χ2n) is 5.63. The van der Waals surface area contributed by atoms with Crippen molar-refractivity contribution < 1.29 is 13.9 Å². The lowest BCUT2D eigenvalue weighted by Crippen LogP contribution is -2.21. The van der Waals surface area contributed by atoms with Crippen LogP contribution in [0.15, 0.2) is 52.9 Å². The van der Waals surface area contributed by atoms with Crippen molar-refractivity contribution in [3.8, 4) is 5.75 Å². The molecule has 0 aliphatic rings. The predicted octanol–water partition coefficient (Wildman–Crippen LogP) is 4.54. The van der Waals surface area contributed by atoms with Gasteiger partial charge in [0.1, 0.15) is 5.58 Å². The first kappa shape index (κ1) is 16.9. The fourth-order valence-electron chi connectivity index (χ4n) is 2.91. The van der Waals surface area contributed by atoms with Crippen LogP contribution in [-0.4, -0.2) is 26.1 Å². The fourth-order valence-corrected chi connectivity index (χ4v) is 2.91. The third-order valence-electron chi connectivity index (χ3n) is 4.21. The van der Waals surface area contributed by atoms with Crippen molar-refractivity contribution in [1.82, 2.24) is 0 Å². The van der Waals surface area contributed by atoms with E-state index in [-0.39, 0.29) is 11.7 Å². The lowest BCUT2D eigenvalue weighted by molar-refractivity contribution is 0.0994. The summed E-state index contributed by atoms with van der Waals surface area (Å²) >= 11 is 0. The van der Waals surface area contributed by atoms with Gasteiger partial charge in [-0.15, -0.1) is 0 Å². The van der Waals surface area contributed by atoms with Crippen molar-refractivity contribution in [1.29, 1.82) is 0 Å². The summed E-state index contributed by atoms with van der Waals surface area (Å²) in [6, 6.07) is 15.2. The molecule has 1 aromatic heterocycles. The molecular formula is C20H22N2O3. The number of para-hydroxylation sites is 1. The van der Waals surface area contributed by atoms with Gasteiger partial charge < -0.3 is 19.4 Å². The Balaban J connectivity index is 1.83. The third-order valence-corrected chi connectivity index (χ3v) is 4.21. The van der Waals surface area contributed by atoms with Gasteiger partial charge in [-0.3, -0.25) is 4.79 Å². The first-order valence-corrected chi connectivity index (χ1v) is 8.39. The maximum Gasteiger partial charge on any atom is 0.295 e. The molecule has 0 fully saturated rings. The quantitative estimate of drug-likeness (QED) is 0.717. The molecule has 0 spiro atoms. The first-order chi connectivity index (χ1) is 12.2. The van der Waals surface area contributed by atoms with Gasteiger partial charge in [0.05, 0.1) is 12.5 Å². The Kier molecular flexibility index (Phi) is 4.93. The van der Waals surface area contributed by atoms with Crippen LogP contribution in [0, 0.1) is 0 Å². The Morgan fingerprint density at radius 2 is 1.76 bits per heavy atom. The summed E-state index contributed by atoms with van der Waals surface area (Å²) in [4.78, 5) is 14.8. The van der Waals surface area contributed by atoms with Crippen LogP contribution in [0.1, 0.15) is 24.4 Å². The summed E-state index contributed by atoms with van der Waals surface area (Å²) in [5.41, 5.74) is 2.47. The van der Waals surface area contributed by atoms with Gasteiger partial charge in [-0.05, 0) is 50.2 Å². The van der Waals surface area contributed by atoms with Gasteiger partial charge in [-0.2, -0.15) is 0 Å². The highest BCUT2D eigenvalue weighted by Crippen LogP contribution is 2.33. The van der Waals surface area contributed by atoms with Crippen molar-refractivity contribution in [2.75, 3.05) is 30.4 Å². The van der Waals surface area contributed by atoms with Crippen molar-refractivity contribution in [3.05, 3.63) is 54.3 Å². The number of hydrogen-bond acceptors (Lipinski definition) is 4. The summed E-state index contributed by atoms with van der Waals surface area (Å²) in [6.07, 6.45) is 0. The van der Waals surface area contributed by atoms with Gasteiger partial charge in [0.25, 0.3) is 5.91 Å². The number of nitrogens with zero attached hydrogens (tertiary/aromatic N) is 1. The maximum absolute atomic E-state index is 12.6. The summed E-state index contributed by atoms with van der Waals surface area (Å²) in [7, 11) is 1.53. The van der Waals surface area contributed by atoms with Crippen LogP contribution in [0.25, 0.3) is 11.0 Å². The molecule has 1 amide bonds. The number of hydrogen-bond donors (Lipinski definition) is 1. The van der Waals surface area contributed by atoms with Crippen molar-refractivity contribution in [2.45, 2.75) is 13.8 Å². The largest absolute Gasteiger partial charge is 0.492 e. The Labute approximate surface area is 147 Å². The average molecular weight is 338 g/mol. The SMILES string of the molecule is CCN(CC)c1ccc(NC(=O)c2oc3ccccc3c2OC)cc1. The van der Waals surface area contributed by atoms with E-state index in [0.717, 1.165) is 24.2 Å². The van der Waals surface area contributed by atoms with Crippen molar-refractivity contribution >= 4 is 28.3 Å². The van der Waals surface area contributed by atoms with Gasteiger partial charge in [-0.25, -0.2) is 0 Å². The first-order valence-electron chi connectivity index (χ1n) is 8.39. The zero-order valence-corrected chi connectivity index (χ0v) is 14.7. The molecule has 0 saturated carbocycles. The molecule has 0 unspecified atom stereocenters. The van der Waals surface area contributed by atoms with E-state index in [2.05, 4.69) is 24.1 Å². The summed E-state index contributed by atoms with van der Waals surface area (Å²) in [5.74, 6) is 0.299. The minimum atomic E-state index is -0.330. The second-order valence-corrected chi connectivity index (χ2v) is 5.63. The molecule has 1 N–H and O–H groups in total. The van der Waals surface area contributed by atoms with E-state index in [1.54, 1.807) is 0 Å². The molecule has 1 heterocycles. The van der Waals surface area contributed by atoms with Crippen LogP contribution in [0.3, 0.4) is 0 Å². The number of methoxy groups -OCH3 is 1. The Morgan fingerprint density at radius 1 is 1.08 bits per heavy atom. The van der Waals surface area contributed by atoms with E-state index >= 15 is 0 Å². The molecule has 0 radical (unpaired) electrons. The van der Waals surface area contributed by atoms with Crippen LogP contribution in [-0.2, 0) is 0 Å². The van der Waals surface area contributed by atoms with Crippen molar-refractivity contribution in [3.63, 3.8) is 0 Å². The number of rotatable bonds is 6. The Bertz CT molecular complexity index is 864. The Hall–Kier alpha value is -2.95. The molecule has 2 aromatic carbocycles. The lowest BCUT2D eigenvalue weighted by atomic mass is 10.2.